The molecule has 0 saturated carbocycles. The number of fused-ring (bicyclic) bond motifs is 1. The Balaban J connectivity index is 1.38. The highest BCUT2D eigenvalue weighted by atomic mass is 16.1. The lowest BCUT2D eigenvalue weighted by Gasteiger charge is -2.38. The number of likely N-dealkylation sites (tertiary alicyclic amines) is 1. The van der Waals surface area contributed by atoms with Crippen LogP contribution in [0.2, 0.25) is 0 Å². The summed E-state index contributed by atoms with van der Waals surface area (Å²) < 4.78 is 0. The summed E-state index contributed by atoms with van der Waals surface area (Å²) in [5.41, 5.74) is 8.32. The number of piperidine rings is 2. The van der Waals surface area contributed by atoms with Gasteiger partial charge in [0.1, 0.15) is 11.0 Å². The standard InChI is InChI=1S/C22H33N7O/c1-15-11-17(27-19(30)4-3-16-5-9-28(2)10-6-16)14-29(13-15)18-12-26-22(23)21-20(18)24-7-8-25-21/h7-8,12,15-17H,3-6,9-11,13-14H2,1-2H3,(H2,23,26)(H,27,30)/t15-,17+/m0/s1. The molecule has 2 aliphatic heterocycles. The summed E-state index contributed by atoms with van der Waals surface area (Å²) in [7, 11) is 2.17. The van der Waals surface area contributed by atoms with Gasteiger partial charge in [-0.3, -0.25) is 9.78 Å². The Bertz CT molecular complexity index is 881. The van der Waals surface area contributed by atoms with Crippen LogP contribution in [0, 0.1) is 11.8 Å². The molecular weight excluding hydrogens is 378 g/mol. The number of carbonyl (C=O) groups excluding carboxylic acids is 1. The van der Waals surface area contributed by atoms with Crippen molar-refractivity contribution in [3.8, 4) is 0 Å². The third-order valence-electron chi connectivity index (χ3n) is 6.49. The normalized spacial score (nSPS) is 23.6. The fourth-order valence-electron chi connectivity index (χ4n) is 4.84. The van der Waals surface area contributed by atoms with E-state index in [1.54, 1.807) is 18.6 Å². The van der Waals surface area contributed by atoms with E-state index in [1.165, 1.54) is 12.8 Å². The van der Waals surface area contributed by atoms with E-state index in [0.29, 0.717) is 29.6 Å². The van der Waals surface area contributed by atoms with Gasteiger partial charge in [-0.2, -0.15) is 0 Å². The first-order valence-corrected chi connectivity index (χ1v) is 11.1. The summed E-state index contributed by atoms with van der Waals surface area (Å²) in [5, 5.41) is 3.28. The van der Waals surface area contributed by atoms with Gasteiger partial charge in [-0.25, -0.2) is 9.97 Å². The second-order valence-electron chi connectivity index (χ2n) is 9.08. The molecule has 2 fully saturated rings. The number of nitrogens with zero attached hydrogens (tertiary/aromatic N) is 5. The lowest BCUT2D eigenvalue weighted by atomic mass is 9.92. The highest BCUT2D eigenvalue weighted by Gasteiger charge is 2.28. The first kappa shape index (κ1) is 20.8. The van der Waals surface area contributed by atoms with E-state index in [-0.39, 0.29) is 11.9 Å². The number of nitrogens with one attached hydrogen (secondary N) is 1. The molecule has 8 heteroatoms. The van der Waals surface area contributed by atoms with E-state index in [9.17, 15) is 4.79 Å². The van der Waals surface area contributed by atoms with Crippen LogP contribution in [-0.4, -0.2) is 65.0 Å². The summed E-state index contributed by atoms with van der Waals surface area (Å²) in [5.74, 6) is 1.71. The van der Waals surface area contributed by atoms with Crippen LogP contribution >= 0.6 is 0 Å². The zero-order chi connectivity index (χ0) is 21.1. The van der Waals surface area contributed by atoms with Crippen LogP contribution < -0.4 is 16.0 Å². The molecule has 0 radical (unpaired) electrons. The molecule has 4 heterocycles. The van der Waals surface area contributed by atoms with E-state index < -0.39 is 0 Å². The molecule has 0 bridgehead atoms. The molecule has 0 aromatic carbocycles. The number of nitrogen functional groups attached to an aromatic ring is 1. The Kier molecular flexibility index (Phi) is 6.32. The summed E-state index contributed by atoms with van der Waals surface area (Å²) in [4.78, 5) is 30.4. The number of rotatable bonds is 5. The molecule has 0 unspecified atom stereocenters. The number of nitrogens with two attached hydrogens (primary N) is 1. The number of anilines is 2. The smallest absolute Gasteiger partial charge is 0.220 e. The number of pyridine rings is 1. The maximum absolute atomic E-state index is 12.6. The maximum atomic E-state index is 12.6. The fourth-order valence-corrected chi connectivity index (χ4v) is 4.84. The quantitative estimate of drug-likeness (QED) is 0.777. The minimum Gasteiger partial charge on any atom is -0.382 e. The Morgan fingerprint density at radius 1 is 1.17 bits per heavy atom. The Morgan fingerprint density at radius 2 is 1.90 bits per heavy atom. The Morgan fingerprint density at radius 3 is 2.67 bits per heavy atom. The average Bonchev–Trinajstić information content (AvgIpc) is 2.73. The minimum absolute atomic E-state index is 0.128. The van der Waals surface area contributed by atoms with Crippen LogP contribution in [0.3, 0.4) is 0 Å². The molecule has 162 valence electrons. The van der Waals surface area contributed by atoms with E-state index >= 15 is 0 Å². The van der Waals surface area contributed by atoms with Crippen molar-refractivity contribution in [3.05, 3.63) is 18.6 Å². The zero-order valence-corrected chi connectivity index (χ0v) is 18.0. The van der Waals surface area contributed by atoms with E-state index in [2.05, 4.69) is 44.0 Å². The summed E-state index contributed by atoms with van der Waals surface area (Å²) in [6, 6.07) is 0.128. The second kappa shape index (κ2) is 9.12. The first-order chi connectivity index (χ1) is 14.5. The van der Waals surface area contributed by atoms with Gasteiger partial charge in [0, 0.05) is 37.9 Å². The first-order valence-electron chi connectivity index (χ1n) is 11.1. The number of hydrogen-bond acceptors (Lipinski definition) is 7. The van der Waals surface area contributed by atoms with Gasteiger partial charge in [0.15, 0.2) is 5.82 Å². The third-order valence-corrected chi connectivity index (χ3v) is 6.49. The predicted molar refractivity (Wildman–Crippen MR) is 119 cm³/mol. The molecule has 3 N–H and O–H groups in total. The summed E-state index contributed by atoms with van der Waals surface area (Å²) in [6.45, 7) is 6.17. The van der Waals surface area contributed by atoms with Gasteiger partial charge < -0.3 is 20.9 Å². The average molecular weight is 412 g/mol. The van der Waals surface area contributed by atoms with Gasteiger partial charge >= 0.3 is 0 Å². The Labute approximate surface area is 178 Å². The van der Waals surface area contributed by atoms with Crippen LogP contribution in [0.4, 0.5) is 11.5 Å². The molecule has 2 atom stereocenters. The van der Waals surface area contributed by atoms with Crippen LogP contribution in [-0.2, 0) is 4.79 Å². The van der Waals surface area contributed by atoms with E-state index in [1.807, 2.05) is 0 Å². The summed E-state index contributed by atoms with van der Waals surface area (Å²) >= 11 is 0. The van der Waals surface area contributed by atoms with Crippen molar-refractivity contribution in [3.63, 3.8) is 0 Å². The lowest BCUT2D eigenvalue weighted by Crippen LogP contribution is -2.50. The maximum Gasteiger partial charge on any atom is 0.220 e. The molecule has 30 heavy (non-hydrogen) atoms. The second-order valence-corrected chi connectivity index (χ2v) is 9.08. The van der Waals surface area contributed by atoms with Crippen molar-refractivity contribution in [1.29, 1.82) is 0 Å². The van der Waals surface area contributed by atoms with Gasteiger partial charge in [0.25, 0.3) is 0 Å². The highest BCUT2D eigenvalue weighted by molar-refractivity contribution is 5.93. The predicted octanol–water partition coefficient (Wildman–Crippen LogP) is 2.06. The molecule has 2 aromatic heterocycles. The van der Waals surface area contributed by atoms with Crippen molar-refractivity contribution >= 4 is 28.4 Å². The molecule has 0 spiro atoms. The number of hydrogen-bond donors (Lipinski definition) is 2. The molecule has 2 aliphatic rings. The topological polar surface area (TPSA) is 100 Å². The Hall–Kier alpha value is -2.48. The van der Waals surface area contributed by atoms with Crippen molar-refractivity contribution < 1.29 is 4.79 Å². The number of aromatic nitrogens is 3. The largest absolute Gasteiger partial charge is 0.382 e. The fraction of sp³-hybridized carbons (Fsp3) is 0.636. The van der Waals surface area contributed by atoms with Gasteiger partial charge in [0.2, 0.25) is 5.91 Å². The molecule has 4 rings (SSSR count). The number of amides is 1. The van der Waals surface area contributed by atoms with Crippen LogP contribution in [0.25, 0.3) is 11.0 Å². The van der Waals surface area contributed by atoms with Gasteiger partial charge in [-0.1, -0.05) is 6.92 Å². The molecular formula is C22H33N7O. The van der Waals surface area contributed by atoms with Crippen LogP contribution in [0.15, 0.2) is 18.6 Å². The highest BCUT2D eigenvalue weighted by Crippen LogP contribution is 2.29. The van der Waals surface area contributed by atoms with Crippen molar-refractivity contribution in [2.45, 2.75) is 45.1 Å². The minimum atomic E-state index is 0.128. The SMILES string of the molecule is C[C@H]1C[C@@H](NC(=O)CCC2CCN(C)CC2)CN(c2cnc(N)c3nccnc23)C1. The third kappa shape index (κ3) is 4.80. The van der Waals surface area contributed by atoms with E-state index in [4.69, 9.17) is 5.73 Å². The van der Waals surface area contributed by atoms with Gasteiger partial charge in [0.05, 0.1) is 11.9 Å². The van der Waals surface area contributed by atoms with Gasteiger partial charge in [-0.15, -0.1) is 0 Å². The molecule has 8 nitrogen and oxygen atoms in total. The van der Waals surface area contributed by atoms with Crippen molar-refractivity contribution in [1.82, 2.24) is 25.2 Å². The molecule has 0 aliphatic carbocycles. The molecule has 1 amide bonds. The summed E-state index contributed by atoms with van der Waals surface area (Å²) in [6.07, 6.45) is 10.1. The molecule has 2 aromatic rings. The van der Waals surface area contributed by atoms with E-state index in [0.717, 1.165) is 50.2 Å². The number of carbonyl (C=O) groups is 1. The lowest BCUT2D eigenvalue weighted by molar-refractivity contribution is -0.122. The zero-order valence-electron chi connectivity index (χ0n) is 18.0. The van der Waals surface area contributed by atoms with Gasteiger partial charge in [-0.05, 0) is 57.7 Å². The van der Waals surface area contributed by atoms with Crippen LogP contribution in [0.1, 0.15) is 39.0 Å². The monoisotopic (exact) mass is 411 g/mol. The van der Waals surface area contributed by atoms with Crippen molar-refractivity contribution in [2.75, 3.05) is 43.9 Å². The molecule has 2 saturated heterocycles. The van der Waals surface area contributed by atoms with Crippen molar-refractivity contribution in [2.24, 2.45) is 11.8 Å². The van der Waals surface area contributed by atoms with Crippen LogP contribution in [0.5, 0.6) is 0 Å².